The van der Waals surface area contributed by atoms with E-state index in [1.807, 2.05) is 49.4 Å². The van der Waals surface area contributed by atoms with E-state index >= 15 is 0 Å². The van der Waals surface area contributed by atoms with Gasteiger partial charge in [0.1, 0.15) is 5.58 Å². The second-order valence-corrected chi connectivity index (χ2v) is 7.20. The highest BCUT2D eigenvalue weighted by atomic mass is 32.2. The van der Waals surface area contributed by atoms with Crippen LogP contribution in [0.5, 0.6) is 0 Å². The van der Waals surface area contributed by atoms with Crippen molar-refractivity contribution in [3.05, 3.63) is 71.5 Å². The number of fused-ring (bicyclic) bond motifs is 1. The zero-order chi connectivity index (χ0) is 18.4. The van der Waals surface area contributed by atoms with Crippen molar-refractivity contribution in [3.8, 4) is 0 Å². The van der Waals surface area contributed by atoms with Crippen LogP contribution in [0.2, 0.25) is 0 Å². The summed E-state index contributed by atoms with van der Waals surface area (Å²) in [6.07, 6.45) is 0. The minimum absolute atomic E-state index is 0.0782. The molecule has 0 aliphatic rings. The van der Waals surface area contributed by atoms with Gasteiger partial charge in [0.25, 0.3) is 5.91 Å². The molecular formula is C21H23NO3S. The van der Waals surface area contributed by atoms with E-state index in [0.717, 1.165) is 22.3 Å². The maximum Gasteiger partial charge on any atom is 0.287 e. The predicted molar refractivity (Wildman–Crippen MR) is 106 cm³/mol. The van der Waals surface area contributed by atoms with Gasteiger partial charge in [-0.3, -0.25) is 4.79 Å². The highest BCUT2D eigenvalue weighted by Gasteiger charge is 2.21. The zero-order valence-corrected chi connectivity index (χ0v) is 15.8. The second kappa shape index (κ2) is 8.92. The number of amides is 1. The van der Waals surface area contributed by atoms with E-state index in [2.05, 4.69) is 17.4 Å². The molecule has 1 heterocycles. The SMILES string of the molecule is COC[C@@H](C)NC(=O)c1oc2ccccc2c1CSCc1ccccc1. The molecule has 0 fully saturated rings. The van der Waals surface area contributed by atoms with Gasteiger partial charge in [0, 0.05) is 35.6 Å². The van der Waals surface area contributed by atoms with Crippen molar-refractivity contribution < 1.29 is 13.9 Å². The molecule has 0 saturated heterocycles. The Morgan fingerprint density at radius 3 is 2.62 bits per heavy atom. The van der Waals surface area contributed by atoms with E-state index < -0.39 is 0 Å². The van der Waals surface area contributed by atoms with Crippen molar-refractivity contribution in [1.29, 1.82) is 0 Å². The lowest BCUT2D eigenvalue weighted by Gasteiger charge is -2.12. The molecular weight excluding hydrogens is 346 g/mol. The summed E-state index contributed by atoms with van der Waals surface area (Å²) in [6, 6.07) is 18.0. The Bertz CT molecular complexity index is 860. The Morgan fingerprint density at radius 2 is 1.85 bits per heavy atom. The standard InChI is InChI=1S/C21H23NO3S/c1-15(12-24-2)22-21(23)20-18(17-10-6-7-11-19(17)25-20)14-26-13-16-8-4-3-5-9-16/h3-11,15H,12-14H2,1-2H3,(H,22,23)/t15-/m1/s1. The molecule has 1 atom stereocenters. The third-order valence-corrected chi connectivity index (χ3v) is 5.09. The van der Waals surface area contributed by atoms with Gasteiger partial charge in [0.15, 0.2) is 5.76 Å². The van der Waals surface area contributed by atoms with Crippen LogP contribution in [0.15, 0.2) is 59.0 Å². The number of thioether (sulfide) groups is 1. The highest BCUT2D eigenvalue weighted by Crippen LogP contribution is 2.30. The minimum Gasteiger partial charge on any atom is -0.451 e. The topological polar surface area (TPSA) is 51.5 Å². The molecule has 0 aliphatic heterocycles. The first-order valence-electron chi connectivity index (χ1n) is 8.61. The van der Waals surface area contributed by atoms with Crippen molar-refractivity contribution in [3.63, 3.8) is 0 Å². The molecule has 1 aromatic heterocycles. The van der Waals surface area contributed by atoms with Gasteiger partial charge in [0.05, 0.1) is 6.61 Å². The summed E-state index contributed by atoms with van der Waals surface area (Å²) in [5.74, 6) is 1.81. The lowest BCUT2D eigenvalue weighted by Crippen LogP contribution is -2.35. The van der Waals surface area contributed by atoms with Gasteiger partial charge in [-0.2, -0.15) is 11.8 Å². The van der Waals surface area contributed by atoms with E-state index in [1.54, 1.807) is 18.9 Å². The van der Waals surface area contributed by atoms with Crippen LogP contribution in [0.25, 0.3) is 11.0 Å². The summed E-state index contributed by atoms with van der Waals surface area (Å²) < 4.78 is 11.0. The molecule has 0 spiro atoms. The fourth-order valence-corrected chi connectivity index (χ4v) is 3.87. The number of carbonyl (C=O) groups excluding carboxylic acids is 1. The molecule has 4 nitrogen and oxygen atoms in total. The molecule has 0 aliphatic carbocycles. The molecule has 1 amide bonds. The number of methoxy groups -OCH3 is 1. The Labute approximate surface area is 157 Å². The van der Waals surface area contributed by atoms with Gasteiger partial charge >= 0.3 is 0 Å². The maximum absolute atomic E-state index is 12.7. The highest BCUT2D eigenvalue weighted by molar-refractivity contribution is 7.97. The summed E-state index contributed by atoms with van der Waals surface area (Å²) in [5, 5.41) is 3.94. The van der Waals surface area contributed by atoms with Crippen LogP contribution in [-0.4, -0.2) is 25.7 Å². The first-order chi connectivity index (χ1) is 12.7. The first-order valence-corrected chi connectivity index (χ1v) is 9.76. The molecule has 0 radical (unpaired) electrons. The van der Waals surface area contributed by atoms with Gasteiger partial charge < -0.3 is 14.5 Å². The molecule has 0 bridgehead atoms. The molecule has 136 valence electrons. The fourth-order valence-electron chi connectivity index (χ4n) is 2.85. The molecule has 26 heavy (non-hydrogen) atoms. The van der Waals surface area contributed by atoms with E-state index in [-0.39, 0.29) is 11.9 Å². The van der Waals surface area contributed by atoms with Gasteiger partial charge in [-0.05, 0) is 18.6 Å². The number of benzene rings is 2. The number of carbonyl (C=O) groups is 1. The number of nitrogens with one attached hydrogen (secondary N) is 1. The third-order valence-electron chi connectivity index (χ3n) is 4.06. The summed E-state index contributed by atoms with van der Waals surface area (Å²) in [4.78, 5) is 12.7. The normalized spacial score (nSPS) is 12.2. The van der Waals surface area contributed by atoms with Crippen molar-refractivity contribution >= 4 is 28.6 Å². The Morgan fingerprint density at radius 1 is 1.12 bits per heavy atom. The fraction of sp³-hybridized carbons (Fsp3) is 0.286. The van der Waals surface area contributed by atoms with Gasteiger partial charge in [-0.15, -0.1) is 0 Å². The summed E-state index contributed by atoms with van der Waals surface area (Å²) in [5.41, 5.74) is 2.96. The summed E-state index contributed by atoms with van der Waals surface area (Å²) in [7, 11) is 1.62. The van der Waals surface area contributed by atoms with Crippen LogP contribution < -0.4 is 5.32 Å². The van der Waals surface area contributed by atoms with Gasteiger partial charge in [-0.25, -0.2) is 0 Å². The van der Waals surface area contributed by atoms with E-state index in [1.165, 1.54) is 5.56 Å². The van der Waals surface area contributed by atoms with E-state index in [9.17, 15) is 4.79 Å². The van der Waals surface area contributed by atoms with Crippen molar-refractivity contribution in [2.45, 2.75) is 24.5 Å². The quantitative estimate of drug-likeness (QED) is 0.629. The molecule has 2 aromatic carbocycles. The molecule has 5 heteroatoms. The Hall–Kier alpha value is -2.24. The smallest absolute Gasteiger partial charge is 0.287 e. The van der Waals surface area contributed by atoms with Crippen molar-refractivity contribution in [2.24, 2.45) is 0 Å². The number of para-hydroxylation sites is 1. The van der Waals surface area contributed by atoms with Crippen LogP contribution in [0, 0.1) is 0 Å². The van der Waals surface area contributed by atoms with Crippen LogP contribution >= 0.6 is 11.8 Å². The van der Waals surface area contributed by atoms with Gasteiger partial charge in [-0.1, -0.05) is 48.5 Å². The second-order valence-electron chi connectivity index (χ2n) is 6.21. The van der Waals surface area contributed by atoms with Crippen LogP contribution in [0.1, 0.15) is 28.6 Å². The van der Waals surface area contributed by atoms with Crippen molar-refractivity contribution in [2.75, 3.05) is 13.7 Å². The molecule has 0 unspecified atom stereocenters. The van der Waals surface area contributed by atoms with Crippen LogP contribution in [-0.2, 0) is 16.2 Å². The number of furan rings is 1. The van der Waals surface area contributed by atoms with Crippen molar-refractivity contribution in [1.82, 2.24) is 5.32 Å². The zero-order valence-electron chi connectivity index (χ0n) is 15.0. The first kappa shape index (κ1) is 18.5. The third kappa shape index (κ3) is 4.48. The average molecular weight is 369 g/mol. The molecule has 0 saturated carbocycles. The summed E-state index contributed by atoms with van der Waals surface area (Å²) >= 11 is 1.77. The Balaban J connectivity index is 1.79. The lowest BCUT2D eigenvalue weighted by atomic mass is 10.1. The minimum atomic E-state index is -0.193. The summed E-state index contributed by atoms with van der Waals surface area (Å²) in [6.45, 7) is 2.37. The molecule has 3 rings (SSSR count). The van der Waals surface area contributed by atoms with E-state index in [4.69, 9.17) is 9.15 Å². The van der Waals surface area contributed by atoms with Gasteiger partial charge in [0.2, 0.25) is 0 Å². The van der Waals surface area contributed by atoms with Crippen LogP contribution in [0.4, 0.5) is 0 Å². The predicted octanol–water partition coefficient (Wildman–Crippen LogP) is 4.63. The van der Waals surface area contributed by atoms with Crippen LogP contribution in [0.3, 0.4) is 0 Å². The largest absolute Gasteiger partial charge is 0.451 e. The number of ether oxygens (including phenoxy) is 1. The van der Waals surface area contributed by atoms with E-state index in [0.29, 0.717) is 18.1 Å². The monoisotopic (exact) mass is 369 g/mol. The number of rotatable bonds is 8. The number of hydrogen-bond acceptors (Lipinski definition) is 4. The average Bonchev–Trinajstić information content (AvgIpc) is 3.02. The lowest BCUT2D eigenvalue weighted by molar-refractivity contribution is 0.0879. The molecule has 1 N–H and O–H groups in total. The molecule has 3 aromatic rings. The Kier molecular flexibility index (Phi) is 6.36. The number of hydrogen-bond donors (Lipinski definition) is 1. The maximum atomic E-state index is 12.7.